The van der Waals surface area contributed by atoms with Crippen molar-refractivity contribution in [1.29, 1.82) is 0 Å². The van der Waals surface area contributed by atoms with E-state index in [9.17, 15) is 9.59 Å². The molecule has 0 aliphatic carbocycles. The Morgan fingerprint density at radius 2 is 1.22 bits per heavy atom. The van der Waals surface area contributed by atoms with Crippen molar-refractivity contribution in [2.75, 3.05) is 59.1 Å². The van der Waals surface area contributed by atoms with Gasteiger partial charge in [-0.05, 0) is 78.2 Å². The Morgan fingerprint density at radius 3 is 1.73 bits per heavy atom. The summed E-state index contributed by atoms with van der Waals surface area (Å²) in [5, 5.41) is 6.06. The predicted molar refractivity (Wildman–Crippen MR) is 230 cm³/mol. The number of hydrogen-bond donors (Lipinski definition) is 2. The molecule has 4 aromatic carbocycles. The van der Waals surface area contributed by atoms with Gasteiger partial charge in [0.2, 0.25) is 5.75 Å². The van der Waals surface area contributed by atoms with Gasteiger partial charge in [-0.15, -0.1) is 0 Å². The maximum Gasteiger partial charge on any atom is 0.253 e. The quantitative estimate of drug-likeness (QED) is 0.0647. The first-order valence-corrected chi connectivity index (χ1v) is 19.3. The van der Waals surface area contributed by atoms with Gasteiger partial charge in [0.25, 0.3) is 11.8 Å². The van der Waals surface area contributed by atoms with E-state index in [-0.39, 0.29) is 11.8 Å². The van der Waals surface area contributed by atoms with Gasteiger partial charge in [-0.3, -0.25) is 9.59 Å². The molecule has 0 aliphatic rings. The zero-order chi connectivity index (χ0) is 41.8. The number of halogens is 1. The maximum atomic E-state index is 13.4. The van der Waals surface area contributed by atoms with Gasteiger partial charge in [0.05, 0.1) is 45.5 Å². The molecule has 0 saturated heterocycles. The van der Waals surface area contributed by atoms with Crippen LogP contribution in [0.2, 0.25) is 5.15 Å². The number of carbonyl (C=O) groups excluding carboxylic acids is 2. The number of pyridine rings is 2. The largest absolute Gasteiger partial charge is 0.493 e. The summed E-state index contributed by atoms with van der Waals surface area (Å²) in [4.78, 5) is 35.8. The highest BCUT2D eigenvalue weighted by Gasteiger charge is 2.21. The molecule has 0 bridgehead atoms. The minimum absolute atomic E-state index is 0.194. The van der Waals surface area contributed by atoms with Gasteiger partial charge in [0, 0.05) is 25.5 Å². The topological polar surface area (TPSA) is 133 Å². The van der Waals surface area contributed by atoms with Crippen molar-refractivity contribution < 1.29 is 33.3 Å². The molecule has 0 radical (unpaired) electrons. The lowest BCUT2D eigenvalue weighted by Crippen LogP contribution is -2.29. The van der Waals surface area contributed by atoms with E-state index >= 15 is 0 Å². The van der Waals surface area contributed by atoms with Gasteiger partial charge in [0.15, 0.2) is 11.5 Å². The van der Waals surface area contributed by atoms with Crippen LogP contribution in [-0.4, -0.2) is 76.0 Å². The number of para-hydroxylation sites is 2. The van der Waals surface area contributed by atoms with Crippen molar-refractivity contribution in [3.8, 4) is 39.9 Å². The van der Waals surface area contributed by atoms with Crippen LogP contribution in [0, 0.1) is 0 Å². The van der Waals surface area contributed by atoms with Crippen molar-refractivity contribution in [3.63, 3.8) is 0 Å². The molecule has 0 fully saturated rings. The molecule has 0 saturated carbocycles. The second-order valence-corrected chi connectivity index (χ2v) is 13.1. The van der Waals surface area contributed by atoms with E-state index in [1.54, 1.807) is 39.7 Å². The molecule has 2 amide bonds. The van der Waals surface area contributed by atoms with E-state index in [0.29, 0.717) is 71.9 Å². The van der Waals surface area contributed by atoms with Crippen LogP contribution in [0.4, 0.5) is 5.82 Å². The van der Waals surface area contributed by atoms with Gasteiger partial charge in [-0.2, -0.15) is 0 Å². The molecule has 2 aromatic heterocycles. The minimum atomic E-state index is -0.259. The Kier molecular flexibility index (Phi) is 16.8. The number of hydrogen-bond acceptors (Lipinski definition) is 10. The Labute approximate surface area is 350 Å². The standard InChI is InChI=1S/C32H35N3O5.C14H13ClN2O2/c1-5-35(22-23-12-8-6-9-13-23)30-20-26(24-18-28(37-2)31(39-4)29(19-24)38-3)27(21-34-30)32(36)33-16-17-40-25-14-10-7-11-15-25;15-13-7-6-11(10-17-13)14(18)16-8-9-19-12-4-2-1-3-5-12/h6-15,18-21H,5,16-17,22H2,1-4H3,(H,33,36);1-7,10H,8-9H2,(H,16,18). The summed E-state index contributed by atoms with van der Waals surface area (Å²) < 4.78 is 27.9. The normalized spacial score (nSPS) is 10.3. The zero-order valence-corrected chi connectivity index (χ0v) is 34.3. The molecule has 0 unspecified atom stereocenters. The fourth-order valence-corrected chi connectivity index (χ4v) is 5.95. The number of rotatable bonds is 18. The summed E-state index contributed by atoms with van der Waals surface area (Å²) in [7, 11) is 4.69. The minimum Gasteiger partial charge on any atom is -0.493 e. The second-order valence-electron chi connectivity index (χ2n) is 12.7. The third-order valence-corrected chi connectivity index (χ3v) is 9.04. The van der Waals surface area contributed by atoms with Gasteiger partial charge >= 0.3 is 0 Å². The first-order valence-electron chi connectivity index (χ1n) is 19.0. The van der Waals surface area contributed by atoms with E-state index in [2.05, 4.69) is 39.6 Å². The lowest BCUT2D eigenvalue weighted by molar-refractivity contribution is 0.0939. The first kappa shape index (κ1) is 43.3. The Morgan fingerprint density at radius 1 is 0.661 bits per heavy atom. The van der Waals surface area contributed by atoms with E-state index in [4.69, 9.17) is 40.3 Å². The summed E-state index contributed by atoms with van der Waals surface area (Å²) in [6.07, 6.45) is 3.06. The number of nitrogens with zero attached hydrogens (tertiary/aromatic N) is 3. The number of amides is 2. The monoisotopic (exact) mass is 817 g/mol. The van der Waals surface area contributed by atoms with Crippen molar-refractivity contribution in [1.82, 2.24) is 20.6 Å². The Bertz CT molecular complexity index is 2190. The van der Waals surface area contributed by atoms with Crippen LogP contribution in [0.5, 0.6) is 28.7 Å². The van der Waals surface area contributed by atoms with Crippen molar-refractivity contribution in [3.05, 3.63) is 156 Å². The molecule has 6 aromatic rings. The van der Waals surface area contributed by atoms with Crippen molar-refractivity contribution >= 4 is 29.2 Å². The van der Waals surface area contributed by atoms with E-state index in [1.807, 2.05) is 97.1 Å². The molecule has 0 aliphatic heterocycles. The summed E-state index contributed by atoms with van der Waals surface area (Å²) in [6, 6.07) is 38.0. The maximum absolute atomic E-state index is 13.4. The molecule has 306 valence electrons. The molecule has 12 nitrogen and oxygen atoms in total. The average molecular weight is 818 g/mol. The fourth-order valence-electron chi connectivity index (χ4n) is 5.84. The molecular weight excluding hydrogens is 770 g/mol. The predicted octanol–water partition coefficient (Wildman–Crippen LogP) is 8.15. The molecule has 0 spiro atoms. The van der Waals surface area contributed by atoms with E-state index in [1.165, 1.54) is 11.8 Å². The highest BCUT2D eigenvalue weighted by molar-refractivity contribution is 6.29. The first-order chi connectivity index (χ1) is 28.8. The van der Waals surface area contributed by atoms with Crippen LogP contribution in [0.3, 0.4) is 0 Å². The zero-order valence-electron chi connectivity index (χ0n) is 33.5. The lowest BCUT2D eigenvalue weighted by atomic mass is 9.99. The van der Waals surface area contributed by atoms with Crippen molar-refractivity contribution in [2.45, 2.75) is 13.5 Å². The van der Waals surface area contributed by atoms with Crippen LogP contribution in [0.25, 0.3) is 11.1 Å². The van der Waals surface area contributed by atoms with Gasteiger partial charge < -0.3 is 39.2 Å². The van der Waals surface area contributed by atoms with Crippen LogP contribution < -0.4 is 39.2 Å². The summed E-state index contributed by atoms with van der Waals surface area (Å²) in [6.45, 7) is 5.01. The fraction of sp³-hybridized carbons (Fsp3) is 0.217. The number of ether oxygens (including phenoxy) is 5. The Balaban J connectivity index is 0.000000290. The smallest absolute Gasteiger partial charge is 0.253 e. The van der Waals surface area contributed by atoms with Gasteiger partial charge in [-0.1, -0.05) is 78.3 Å². The van der Waals surface area contributed by atoms with Crippen LogP contribution in [0.15, 0.2) is 134 Å². The van der Waals surface area contributed by atoms with Crippen LogP contribution in [0.1, 0.15) is 33.2 Å². The number of carbonyl (C=O) groups is 2. The summed E-state index contributed by atoms with van der Waals surface area (Å²) in [5.74, 6) is 3.30. The van der Waals surface area contributed by atoms with E-state index in [0.717, 1.165) is 29.4 Å². The van der Waals surface area contributed by atoms with E-state index < -0.39 is 0 Å². The number of anilines is 1. The number of aromatic nitrogens is 2. The number of nitrogens with one attached hydrogen (secondary N) is 2. The van der Waals surface area contributed by atoms with Crippen molar-refractivity contribution in [2.24, 2.45) is 0 Å². The highest BCUT2D eigenvalue weighted by Crippen LogP contribution is 2.42. The number of methoxy groups -OCH3 is 3. The molecule has 0 atom stereocenters. The molecule has 2 N–H and O–H groups in total. The second kappa shape index (κ2) is 22.8. The molecule has 2 heterocycles. The van der Waals surface area contributed by atoms with Gasteiger partial charge in [-0.25, -0.2) is 9.97 Å². The molecular formula is C46H48ClN5O7. The molecule has 13 heteroatoms. The third-order valence-electron chi connectivity index (χ3n) is 8.82. The average Bonchev–Trinajstić information content (AvgIpc) is 3.29. The lowest BCUT2D eigenvalue weighted by Gasteiger charge is -2.24. The van der Waals surface area contributed by atoms with Gasteiger partial charge in [0.1, 0.15) is 35.7 Å². The van der Waals surface area contributed by atoms with Crippen LogP contribution >= 0.6 is 11.6 Å². The molecule has 6 rings (SSSR count). The molecule has 59 heavy (non-hydrogen) atoms. The SMILES string of the molecule is CCN(Cc1ccccc1)c1cc(-c2cc(OC)c(OC)c(OC)c2)c(C(=O)NCCOc2ccccc2)cn1.O=C(NCCOc1ccccc1)c1ccc(Cl)nc1. The summed E-state index contributed by atoms with van der Waals surface area (Å²) >= 11 is 5.65. The summed E-state index contributed by atoms with van der Waals surface area (Å²) in [5.41, 5.74) is 3.50. The van der Waals surface area contributed by atoms with Crippen LogP contribution in [-0.2, 0) is 6.54 Å². The highest BCUT2D eigenvalue weighted by atomic mass is 35.5. The Hall–Kier alpha value is -6.79. The number of benzene rings is 4. The third kappa shape index (κ3) is 12.9.